The van der Waals surface area contributed by atoms with E-state index in [9.17, 15) is 9.59 Å². The molecular weight excluding hydrogens is 400 g/mol. The van der Waals surface area contributed by atoms with Crippen LogP contribution in [-0.2, 0) is 4.79 Å². The van der Waals surface area contributed by atoms with Crippen molar-refractivity contribution in [2.45, 2.75) is 37.8 Å². The van der Waals surface area contributed by atoms with Crippen LogP contribution in [0.5, 0.6) is 5.75 Å². The van der Waals surface area contributed by atoms with Crippen LogP contribution in [-0.4, -0.2) is 25.0 Å². The van der Waals surface area contributed by atoms with Gasteiger partial charge in [0.15, 0.2) is 11.8 Å². The number of thiophene rings is 1. The van der Waals surface area contributed by atoms with Gasteiger partial charge in [0, 0.05) is 22.7 Å². The number of hydrogen-bond acceptors (Lipinski definition) is 5. The number of carbonyl (C=O) groups excluding carboxylic acids is 2. The minimum atomic E-state index is -0.810. The number of benzene rings is 1. The van der Waals surface area contributed by atoms with Gasteiger partial charge in [0.2, 0.25) is 5.91 Å². The van der Waals surface area contributed by atoms with Crippen LogP contribution >= 0.6 is 11.3 Å². The molecule has 1 fully saturated rings. The first-order valence-corrected chi connectivity index (χ1v) is 10.9. The number of hydrogen-bond donors (Lipinski definition) is 1. The van der Waals surface area contributed by atoms with E-state index in [4.69, 9.17) is 9.15 Å². The molecule has 6 nitrogen and oxygen atoms in total. The zero-order chi connectivity index (χ0) is 20.9. The molecule has 30 heavy (non-hydrogen) atoms. The summed E-state index contributed by atoms with van der Waals surface area (Å²) in [5.41, 5.74) is 0.565. The predicted octanol–water partition coefficient (Wildman–Crippen LogP) is 4.80. The maximum atomic E-state index is 13.5. The number of furan rings is 1. The minimum absolute atomic E-state index is 0.144. The van der Waals surface area contributed by atoms with Crippen molar-refractivity contribution in [1.82, 2.24) is 5.32 Å². The van der Waals surface area contributed by atoms with Gasteiger partial charge in [-0.2, -0.15) is 0 Å². The molecule has 0 bridgehead atoms. The van der Waals surface area contributed by atoms with Gasteiger partial charge in [-0.15, -0.1) is 11.3 Å². The summed E-state index contributed by atoms with van der Waals surface area (Å²) < 4.78 is 10.7. The molecule has 1 atom stereocenters. The van der Waals surface area contributed by atoms with Gasteiger partial charge in [-0.3, -0.25) is 14.5 Å². The Labute approximate surface area is 179 Å². The normalized spacial score (nSPS) is 15.0. The largest absolute Gasteiger partial charge is 0.497 e. The second-order valence-corrected chi connectivity index (χ2v) is 8.24. The topological polar surface area (TPSA) is 71.8 Å². The number of methoxy groups -OCH3 is 1. The molecule has 1 N–H and O–H groups in total. The number of carbonyl (C=O) groups is 2. The molecule has 156 valence electrons. The maximum Gasteiger partial charge on any atom is 0.295 e. The molecule has 2 heterocycles. The highest BCUT2D eigenvalue weighted by Crippen LogP contribution is 2.34. The Kier molecular flexibility index (Phi) is 6.18. The SMILES string of the molecule is COc1cccc(N(C(=O)c2ccco2)[C@H](C(=O)NC2CCCC2)c2cccs2)c1. The van der Waals surface area contributed by atoms with Gasteiger partial charge in [0.05, 0.1) is 13.4 Å². The van der Waals surface area contributed by atoms with Crippen molar-refractivity contribution in [3.63, 3.8) is 0 Å². The third kappa shape index (κ3) is 4.26. The Balaban J connectivity index is 1.77. The summed E-state index contributed by atoms with van der Waals surface area (Å²) in [7, 11) is 1.57. The lowest BCUT2D eigenvalue weighted by Gasteiger charge is -2.31. The van der Waals surface area contributed by atoms with Gasteiger partial charge in [-0.05, 0) is 48.6 Å². The van der Waals surface area contributed by atoms with Crippen molar-refractivity contribution in [3.05, 3.63) is 70.8 Å². The van der Waals surface area contributed by atoms with Crippen molar-refractivity contribution in [2.24, 2.45) is 0 Å². The molecule has 1 saturated carbocycles. The first-order chi connectivity index (χ1) is 14.7. The number of anilines is 1. The van der Waals surface area contributed by atoms with E-state index < -0.39 is 6.04 Å². The molecule has 0 unspecified atom stereocenters. The van der Waals surface area contributed by atoms with E-state index in [1.165, 1.54) is 22.5 Å². The Morgan fingerprint density at radius 1 is 1.17 bits per heavy atom. The van der Waals surface area contributed by atoms with Crippen molar-refractivity contribution in [3.8, 4) is 5.75 Å². The summed E-state index contributed by atoms with van der Waals surface area (Å²) >= 11 is 1.45. The third-order valence-corrected chi connectivity index (χ3v) is 6.23. The smallest absolute Gasteiger partial charge is 0.295 e. The van der Waals surface area contributed by atoms with Crippen LogP contribution in [0.25, 0.3) is 0 Å². The van der Waals surface area contributed by atoms with E-state index in [0.29, 0.717) is 11.4 Å². The van der Waals surface area contributed by atoms with Crippen LogP contribution in [0.3, 0.4) is 0 Å². The quantitative estimate of drug-likeness (QED) is 0.592. The van der Waals surface area contributed by atoms with Gasteiger partial charge < -0.3 is 14.5 Å². The number of nitrogens with zero attached hydrogens (tertiary/aromatic N) is 1. The number of ether oxygens (including phenoxy) is 1. The zero-order valence-corrected chi connectivity index (χ0v) is 17.6. The molecule has 1 aromatic carbocycles. The van der Waals surface area contributed by atoms with Gasteiger partial charge in [0.1, 0.15) is 5.75 Å². The van der Waals surface area contributed by atoms with Crippen LogP contribution in [0.1, 0.15) is 47.2 Å². The Bertz CT molecular complexity index is 979. The lowest BCUT2D eigenvalue weighted by Crippen LogP contribution is -2.46. The predicted molar refractivity (Wildman–Crippen MR) is 116 cm³/mol. The van der Waals surface area contributed by atoms with Crippen molar-refractivity contribution >= 4 is 28.8 Å². The molecule has 1 aliphatic carbocycles. The fraction of sp³-hybridized carbons (Fsp3) is 0.304. The molecule has 4 rings (SSSR count). The summed E-state index contributed by atoms with van der Waals surface area (Å²) in [6.07, 6.45) is 5.61. The molecule has 0 aliphatic heterocycles. The zero-order valence-electron chi connectivity index (χ0n) is 16.7. The fourth-order valence-corrected chi connectivity index (χ4v) is 4.65. The Morgan fingerprint density at radius 3 is 2.67 bits per heavy atom. The molecule has 3 aromatic rings. The second kappa shape index (κ2) is 9.17. The van der Waals surface area contributed by atoms with E-state index in [0.717, 1.165) is 30.6 Å². The van der Waals surface area contributed by atoms with Gasteiger partial charge in [0.25, 0.3) is 5.91 Å². The average molecular weight is 425 g/mol. The maximum absolute atomic E-state index is 13.5. The molecule has 2 amide bonds. The standard InChI is InChI=1S/C23H24N2O4S/c1-28-18-10-4-9-17(15-18)25(23(27)19-11-5-13-29-19)21(20-12-6-14-30-20)22(26)24-16-7-2-3-8-16/h4-6,9-16,21H,2-3,7-8H2,1H3,(H,24,26)/t21-/m0/s1. The van der Waals surface area contributed by atoms with Gasteiger partial charge in [-0.1, -0.05) is 25.0 Å². The van der Waals surface area contributed by atoms with E-state index >= 15 is 0 Å². The highest BCUT2D eigenvalue weighted by atomic mass is 32.1. The lowest BCUT2D eigenvalue weighted by atomic mass is 10.1. The Morgan fingerprint density at radius 2 is 2.00 bits per heavy atom. The van der Waals surface area contributed by atoms with Crippen LogP contribution in [0.4, 0.5) is 5.69 Å². The first-order valence-electron chi connectivity index (χ1n) is 10.0. The number of amides is 2. The first kappa shape index (κ1) is 20.2. The van der Waals surface area contributed by atoms with E-state index in [1.807, 2.05) is 17.5 Å². The van der Waals surface area contributed by atoms with E-state index in [-0.39, 0.29) is 23.6 Å². The van der Waals surface area contributed by atoms with Crippen LogP contribution in [0, 0.1) is 0 Å². The van der Waals surface area contributed by atoms with Crippen LogP contribution < -0.4 is 15.0 Å². The van der Waals surface area contributed by atoms with Gasteiger partial charge in [-0.25, -0.2) is 0 Å². The highest BCUT2D eigenvalue weighted by molar-refractivity contribution is 7.10. The molecule has 0 saturated heterocycles. The third-order valence-electron chi connectivity index (χ3n) is 5.30. The molecule has 0 radical (unpaired) electrons. The second-order valence-electron chi connectivity index (χ2n) is 7.26. The molecule has 1 aliphatic rings. The summed E-state index contributed by atoms with van der Waals surface area (Å²) in [5.74, 6) is 0.208. The van der Waals surface area contributed by atoms with Crippen LogP contribution in [0.2, 0.25) is 0 Å². The number of rotatable bonds is 7. The van der Waals surface area contributed by atoms with Crippen LogP contribution in [0.15, 0.2) is 64.6 Å². The number of nitrogens with one attached hydrogen (secondary N) is 1. The minimum Gasteiger partial charge on any atom is -0.497 e. The van der Waals surface area contributed by atoms with Crippen molar-refractivity contribution < 1.29 is 18.7 Å². The van der Waals surface area contributed by atoms with Crippen molar-refractivity contribution in [2.75, 3.05) is 12.0 Å². The highest BCUT2D eigenvalue weighted by Gasteiger charge is 2.36. The monoisotopic (exact) mass is 424 g/mol. The summed E-state index contributed by atoms with van der Waals surface area (Å²) in [5, 5.41) is 5.07. The molecule has 0 spiro atoms. The molecular formula is C23H24N2O4S. The molecule has 2 aromatic heterocycles. The summed E-state index contributed by atoms with van der Waals surface area (Å²) in [6.45, 7) is 0. The van der Waals surface area contributed by atoms with E-state index in [2.05, 4.69) is 5.32 Å². The average Bonchev–Trinajstić information content (AvgIpc) is 3.55. The van der Waals surface area contributed by atoms with Crippen molar-refractivity contribution in [1.29, 1.82) is 0 Å². The fourth-order valence-electron chi connectivity index (χ4n) is 3.83. The molecule has 7 heteroatoms. The Hall–Kier alpha value is -3.06. The summed E-state index contributed by atoms with van der Waals surface area (Å²) in [6, 6.07) is 13.5. The van der Waals surface area contributed by atoms with E-state index in [1.54, 1.807) is 43.5 Å². The lowest BCUT2D eigenvalue weighted by molar-refractivity contribution is -0.123. The van der Waals surface area contributed by atoms with Gasteiger partial charge >= 0.3 is 0 Å². The summed E-state index contributed by atoms with van der Waals surface area (Å²) in [4.78, 5) is 29.3.